The lowest BCUT2D eigenvalue weighted by atomic mass is 10.0. The van der Waals surface area contributed by atoms with Gasteiger partial charge in [0.05, 0.1) is 4.90 Å². The van der Waals surface area contributed by atoms with Crippen LogP contribution in [0.25, 0.3) is 0 Å². The molecule has 1 aliphatic heterocycles. The van der Waals surface area contributed by atoms with E-state index in [0.717, 1.165) is 18.4 Å². The normalized spacial score (nSPS) is 17.2. The van der Waals surface area contributed by atoms with Gasteiger partial charge in [0.15, 0.2) is 0 Å². The molecule has 31 heavy (non-hydrogen) atoms. The number of sulfonamides is 1. The van der Waals surface area contributed by atoms with E-state index in [9.17, 15) is 22.4 Å². The Kier molecular flexibility index (Phi) is 7.40. The van der Waals surface area contributed by atoms with Gasteiger partial charge in [-0.3, -0.25) is 9.59 Å². The summed E-state index contributed by atoms with van der Waals surface area (Å²) < 4.78 is 40.6. The van der Waals surface area contributed by atoms with E-state index in [-0.39, 0.29) is 17.5 Å². The smallest absolute Gasteiger partial charge is 0.313 e. The van der Waals surface area contributed by atoms with Gasteiger partial charge in [-0.1, -0.05) is 24.1 Å². The van der Waals surface area contributed by atoms with Crippen LogP contribution >= 0.6 is 0 Å². The lowest BCUT2D eigenvalue weighted by Crippen LogP contribution is -2.45. The van der Waals surface area contributed by atoms with E-state index in [0.29, 0.717) is 25.1 Å². The molecule has 0 spiro atoms. The zero-order valence-corrected chi connectivity index (χ0v) is 18.1. The van der Waals surface area contributed by atoms with Gasteiger partial charge in [0.25, 0.3) is 0 Å². The summed E-state index contributed by atoms with van der Waals surface area (Å²) in [6.07, 6.45) is 2.79. The predicted octanol–water partition coefficient (Wildman–Crippen LogP) is 2.82. The maximum Gasteiger partial charge on any atom is 0.313 e. The molecule has 1 fully saturated rings. The van der Waals surface area contributed by atoms with Gasteiger partial charge in [-0.25, -0.2) is 12.8 Å². The summed E-state index contributed by atoms with van der Waals surface area (Å²) in [5.41, 5.74) is 1.29. The third-order valence-electron chi connectivity index (χ3n) is 5.27. The molecular formula is C22H26FN3O4S. The Morgan fingerprint density at radius 1 is 1.03 bits per heavy atom. The number of rotatable bonds is 6. The van der Waals surface area contributed by atoms with Crippen molar-refractivity contribution in [3.05, 3.63) is 59.9 Å². The largest absolute Gasteiger partial charge is 0.348 e. The first kappa shape index (κ1) is 22.9. The van der Waals surface area contributed by atoms with Crippen molar-refractivity contribution in [1.82, 2.24) is 9.62 Å². The second-order valence-electron chi connectivity index (χ2n) is 7.58. The van der Waals surface area contributed by atoms with Crippen molar-refractivity contribution >= 4 is 27.5 Å². The topological polar surface area (TPSA) is 95.6 Å². The number of nitrogens with zero attached hydrogens (tertiary/aromatic N) is 1. The van der Waals surface area contributed by atoms with Crippen LogP contribution in [0.2, 0.25) is 0 Å². The fraction of sp³-hybridized carbons (Fsp3) is 0.364. The highest BCUT2D eigenvalue weighted by atomic mass is 32.2. The van der Waals surface area contributed by atoms with E-state index in [1.54, 1.807) is 24.3 Å². The fourth-order valence-corrected chi connectivity index (χ4v) is 5.30. The Morgan fingerprint density at radius 2 is 1.71 bits per heavy atom. The SMILES string of the molecule is Cc1ccc(S(=O)(=O)N2CCCC[C@@H]2CCNC(=O)C(=O)Nc2ccc(F)cc2)cc1. The highest BCUT2D eigenvalue weighted by Crippen LogP contribution is 2.27. The molecule has 2 amide bonds. The van der Waals surface area contributed by atoms with Gasteiger partial charge in [0.1, 0.15) is 5.82 Å². The lowest BCUT2D eigenvalue weighted by molar-refractivity contribution is -0.136. The van der Waals surface area contributed by atoms with Crippen molar-refractivity contribution < 1.29 is 22.4 Å². The number of nitrogens with one attached hydrogen (secondary N) is 2. The minimum Gasteiger partial charge on any atom is -0.348 e. The van der Waals surface area contributed by atoms with E-state index < -0.39 is 27.7 Å². The molecule has 1 heterocycles. The van der Waals surface area contributed by atoms with Gasteiger partial charge in [0, 0.05) is 24.8 Å². The molecular weight excluding hydrogens is 421 g/mol. The summed E-state index contributed by atoms with van der Waals surface area (Å²) in [5.74, 6) is -2.13. The predicted molar refractivity (Wildman–Crippen MR) is 115 cm³/mol. The first-order valence-corrected chi connectivity index (χ1v) is 11.6. The summed E-state index contributed by atoms with van der Waals surface area (Å²) >= 11 is 0. The Morgan fingerprint density at radius 3 is 2.39 bits per heavy atom. The minimum atomic E-state index is -3.63. The summed E-state index contributed by atoms with van der Waals surface area (Å²) in [7, 11) is -3.63. The van der Waals surface area contributed by atoms with Gasteiger partial charge in [-0.15, -0.1) is 0 Å². The molecule has 1 saturated heterocycles. The van der Waals surface area contributed by atoms with Crippen LogP contribution in [-0.4, -0.2) is 43.7 Å². The summed E-state index contributed by atoms with van der Waals surface area (Å²) in [5, 5.41) is 4.93. The maximum absolute atomic E-state index is 13.1. The lowest BCUT2D eigenvalue weighted by Gasteiger charge is -2.34. The molecule has 7 nitrogen and oxygen atoms in total. The number of carbonyl (C=O) groups is 2. The van der Waals surface area contributed by atoms with Crippen molar-refractivity contribution in [3.8, 4) is 0 Å². The molecule has 1 atom stereocenters. The average Bonchev–Trinajstić information content (AvgIpc) is 2.76. The summed E-state index contributed by atoms with van der Waals surface area (Å²) in [6, 6.07) is 11.6. The number of aryl methyl sites for hydroxylation is 1. The Bertz CT molecular complexity index is 1020. The van der Waals surface area contributed by atoms with Crippen LogP contribution in [0.5, 0.6) is 0 Å². The van der Waals surface area contributed by atoms with Crippen LogP contribution < -0.4 is 10.6 Å². The number of carbonyl (C=O) groups excluding carboxylic acids is 2. The highest BCUT2D eigenvalue weighted by Gasteiger charge is 2.33. The molecule has 0 bridgehead atoms. The second-order valence-corrected chi connectivity index (χ2v) is 9.47. The molecule has 2 aromatic rings. The van der Waals surface area contributed by atoms with Gasteiger partial charge < -0.3 is 10.6 Å². The van der Waals surface area contributed by atoms with E-state index in [2.05, 4.69) is 10.6 Å². The van der Waals surface area contributed by atoms with Gasteiger partial charge in [-0.05, 0) is 62.6 Å². The monoisotopic (exact) mass is 447 g/mol. The maximum atomic E-state index is 13.1. The van der Waals surface area contributed by atoms with Crippen molar-refractivity contribution in [2.75, 3.05) is 18.4 Å². The third-order valence-corrected chi connectivity index (χ3v) is 7.24. The van der Waals surface area contributed by atoms with Crippen LogP contribution in [0, 0.1) is 12.7 Å². The van der Waals surface area contributed by atoms with Gasteiger partial charge in [-0.2, -0.15) is 4.31 Å². The molecule has 166 valence electrons. The second kappa shape index (κ2) is 10.0. The van der Waals surface area contributed by atoms with E-state index in [1.165, 1.54) is 28.6 Å². The van der Waals surface area contributed by atoms with Crippen molar-refractivity contribution in [2.24, 2.45) is 0 Å². The summed E-state index contributed by atoms with van der Waals surface area (Å²) in [6.45, 7) is 2.50. The number of halogens is 1. The van der Waals surface area contributed by atoms with E-state index >= 15 is 0 Å². The Labute approximate surface area is 181 Å². The first-order valence-electron chi connectivity index (χ1n) is 10.2. The molecule has 3 rings (SSSR count). The molecule has 2 N–H and O–H groups in total. The molecule has 0 aliphatic carbocycles. The minimum absolute atomic E-state index is 0.167. The number of amides is 2. The Balaban J connectivity index is 1.56. The van der Waals surface area contributed by atoms with Crippen molar-refractivity contribution in [1.29, 1.82) is 0 Å². The molecule has 2 aromatic carbocycles. The number of anilines is 1. The molecule has 0 unspecified atom stereocenters. The van der Waals surface area contributed by atoms with Crippen LogP contribution in [0.1, 0.15) is 31.2 Å². The van der Waals surface area contributed by atoms with Crippen LogP contribution in [-0.2, 0) is 19.6 Å². The van der Waals surface area contributed by atoms with Crippen LogP contribution in [0.15, 0.2) is 53.4 Å². The summed E-state index contributed by atoms with van der Waals surface area (Å²) in [4.78, 5) is 24.3. The third kappa shape index (κ3) is 5.89. The average molecular weight is 448 g/mol. The molecule has 0 saturated carbocycles. The first-order chi connectivity index (χ1) is 14.8. The number of hydrogen-bond acceptors (Lipinski definition) is 4. The highest BCUT2D eigenvalue weighted by molar-refractivity contribution is 7.89. The Hall–Kier alpha value is -2.78. The molecule has 9 heteroatoms. The van der Waals surface area contributed by atoms with E-state index in [1.807, 2.05) is 6.92 Å². The van der Waals surface area contributed by atoms with Gasteiger partial charge in [0.2, 0.25) is 10.0 Å². The van der Waals surface area contributed by atoms with Crippen LogP contribution in [0.4, 0.5) is 10.1 Å². The zero-order chi connectivity index (χ0) is 22.4. The molecule has 0 radical (unpaired) electrons. The van der Waals surface area contributed by atoms with Crippen LogP contribution in [0.3, 0.4) is 0 Å². The standard InChI is InChI=1S/C22H26FN3O4S/c1-16-5-11-20(12-6-16)31(29,30)26-15-3-2-4-19(26)13-14-24-21(27)22(28)25-18-9-7-17(23)8-10-18/h5-12,19H,2-4,13-15H2,1H3,(H,24,27)(H,25,28)/t19-/m1/s1. The number of piperidine rings is 1. The van der Waals surface area contributed by atoms with Crippen molar-refractivity contribution in [3.63, 3.8) is 0 Å². The van der Waals surface area contributed by atoms with Gasteiger partial charge >= 0.3 is 11.8 Å². The fourth-order valence-electron chi connectivity index (χ4n) is 3.58. The van der Waals surface area contributed by atoms with Crippen molar-refractivity contribution in [2.45, 2.75) is 43.5 Å². The number of benzene rings is 2. The molecule has 1 aliphatic rings. The van der Waals surface area contributed by atoms with E-state index in [4.69, 9.17) is 0 Å². The quantitative estimate of drug-likeness (QED) is 0.666. The zero-order valence-electron chi connectivity index (χ0n) is 17.3. The molecule has 0 aromatic heterocycles. The number of hydrogen-bond donors (Lipinski definition) is 2.